The fraction of sp³-hybridized carbons (Fsp3) is 0.500. The third kappa shape index (κ3) is 16.0. The average molecular weight is 525 g/mol. The Kier molecular flexibility index (Phi) is 15.9. The molecule has 7 heteroatoms. The van der Waals surface area contributed by atoms with Gasteiger partial charge in [-0.25, -0.2) is 9.97 Å². The van der Waals surface area contributed by atoms with Crippen LogP contribution in [0, 0.1) is 0 Å². The van der Waals surface area contributed by atoms with Crippen molar-refractivity contribution in [2.24, 2.45) is 0 Å². The van der Waals surface area contributed by atoms with Gasteiger partial charge in [-0.2, -0.15) is 0 Å². The molecule has 0 spiro atoms. The number of hydrogen-bond donors (Lipinski definition) is 1. The molecule has 0 saturated carbocycles. The first-order valence-corrected chi connectivity index (χ1v) is 11.0. The summed E-state index contributed by atoms with van der Waals surface area (Å²) in [5.74, 6) is 0.698. The van der Waals surface area contributed by atoms with E-state index < -0.39 is 0 Å². The first-order valence-electron chi connectivity index (χ1n) is 9.01. The molecule has 0 aliphatic carbocycles. The van der Waals surface area contributed by atoms with Gasteiger partial charge in [-0.1, -0.05) is 38.3 Å². The molecule has 0 aliphatic heterocycles. The van der Waals surface area contributed by atoms with Crippen LogP contribution in [0.1, 0.15) is 53.4 Å². The summed E-state index contributed by atoms with van der Waals surface area (Å²) in [6, 6.07) is 7.37. The molecule has 0 amide bonds. The Labute approximate surface area is 185 Å². The van der Waals surface area contributed by atoms with E-state index in [4.69, 9.17) is 21.4 Å². The number of nitrogens with zero attached hydrogens (tertiary/aromatic N) is 2. The summed E-state index contributed by atoms with van der Waals surface area (Å²) < 4.78 is 7.50. The number of halogens is 3. The molecule has 0 bridgehead atoms. The Morgan fingerprint density at radius 2 is 1.52 bits per heavy atom. The number of rotatable bonds is 6. The first kappa shape index (κ1) is 26.3. The Bertz CT molecular complexity index is 575. The van der Waals surface area contributed by atoms with Crippen molar-refractivity contribution < 1.29 is 9.84 Å². The van der Waals surface area contributed by atoms with E-state index in [1.54, 1.807) is 18.5 Å². The molecular weight excluding hydrogens is 495 g/mol. The number of aliphatic hydroxyl groups is 1. The van der Waals surface area contributed by atoms with Crippen molar-refractivity contribution in [3.8, 4) is 5.88 Å². The van der Waals surface area contributed by atoms with Gasteiger partial charge in [0.25, 0.3) is 0 Å². The van der Waals surface area contributed by atoms with Crippen molar-refractivity contribution in [3.05, 3.63) is 50.8 Å². The lowest BCUT2D eigenvalue weighted by Crippen LogP contribution is -2.11. The van der Waals surface area contributed by atoms with E-state index in [2.05, 4.69) is 62.6 Å². The highest BCUT2D eigenvalue weighted by Gasteiger charge is 2.02. The minimum absolute atomic E-state index is 0.102. The number of hydrogen-bond acceptors (Lipinski definition) is 4. The molecule has 0 aromatic carbocycles. The largest absolute Gasteiger partial charge is 0.475 e. The summed E-state index contributed by atoms with van der Waals surface area (Å²) >= 11 is 12.0. The van der Waals surface area contributed by atoms with Gasteiger partial charge in [-0.3, -0.25) is 0 Å². The summed E-state index contributed by atoms with van der Waals surface area (Å²) in [5.41, 5.74) is 0. The molecule has 0 radical (unpaired) electrons. The maximum atomic E-state index is 8.55. The Hall–Kier alpha value is -0.690. The second-order valence-electron chi connectivity index (χ2n) is 5.97. The molecule has 2 atom stereocenters. The molecule has 2 aromatic heterocycles. The highest BCUT2D eigenvalue weighted by atomic mass is 79.9. The van der Waals surface area contributed by atoms with E-state index in [-0.39, 0.29) is 12.2 Å². The van der Waals surface area contributed by atoms with Crippen LogP contribution in [0.2, 0.25) is 5.15 Å². The first-order chi connectivity index (χ1) is 12.8. The Morgan fingerprint density at radius 1 is 0.963 bits per heavy atom. The second kappa shape index (κ2) is 16.3. The number of aliphatic hydroxyl groups excluding tert-OH is 1. The number of ether oxygens (including phenoxy) is 1. The standard InChI is InChI=1S/C10H14BrNO.C5H3BrClN.C5H12O/c1-3-4-8(2)13-10-6-5-9(11)7-12-10;6-4-1-2-5(7)8-3-4;1-3-4-5(2)6/h5-8H,3-4H2,1-2H3;1-3H;5-6H,3-4H2,1-2H3/t8-;;5-/m1.1/s1. The van der Waals surface area contributed by atoms with Crippen LogP contribution < -0.4 is 4.74 Å². The monoisotopic (exact) mass is 522 g/mol. The van der Waals surface area contributed by atoms with Gasteiger partial charge in [0.15, 0.2) is 0 Å². The molecule has 2 aromatic rings. The van der Waals surface area contributed by atoms with Gasteiger partial charge in [0, 0.05) is 27.4 Å². The smallest absolute Gasteiger partial charge is 0.213 e. The lowest BCUT2D eigenvalue weighted by Gasteiger charge is -2.12. The Balaban J connectivity index is 0.000000413. The number of pyridine rings is 2. The van der Waals surface area contributed by atoms with Crippen molar-refractivity contribution in [2.45, 2.75) is 65.6 Å². The third-order valence-electron chi connectivity index (χ3n) is 3.12. The fourth-order valence-corrected chi connectivity index (χ4v) is 2.46. The zero-order valence-corrected chi connectivity index (χ0v) is 20.3. The highest BCUT2D eigenvalue weighted by molar-refractivity contribution is 9.10. The van der Waals surface area contributed by atoms with E-state index in [0.717, 1.165) is 34.6 Å². The van der Waals surface area contributed by atoms with E-state index in [0.29, 0.717) is 11.0 Å². The van der Waals surface area contributed by atoms with Gasteiger partial charge >= 0.3 is 0 Å². The van der Waals surface area contributed by atoms with E-state index in [9.17, 15) is 0 Å². The van der Waals surface area contributed by atoms with Crippen LogP contribution in [0.15, 0.2) is 45.6 Å². The zero-order valence-electron chi connectivity index (χ0n) is 16.3. The summed E-state index contributed by atoms with van der Waals surface area (Å²) in [6.45, 7) is 8.08. The van der Waals surface area contributed by atoms with E-state index >= 15 is 0 Å². The minimum Gasteiger partial charge on any atom is -0.475 e. The predicted octanol–water partition coefficient (Wildman–Crippen LogP) is 7.08. The average Bonchev–Trinajstić information content (AvgIpc) is 2.61. The molecule has 27 heavy (non-hydrogen) atoms. The van der Waals surface area contributed by atoms with Crippen LogP contribution in [0.3, 0.4) is 0 Å². The summed E-state index contributed by atoms with van der Waals surface area (Å²) in [6.07, 6.45) is 7.76. The van der Waals surface area contributed by atoms with E-state index in [1.165, 1.54) is 0 Å². The summed E-state index contributed by atoms with van der Waals surface area (Å²) in [5, 5.41) is 9.07. The number of aromatic nitrogens is 2. The summed E-state index contributed by atoms with van der Waals surface area (Å²) in [4.78, 5) is 7.93. The van der Waals surface area contributed by atoms with Crippen LogP contribution in [-0.4, -0.2) is 27.3 Å². The molecule has 2 rings (SSSR count). The van der Waals surface area contributed by atoms with Crippen molar-refractivity contribution >= 4 is 43.5 Å². The fourth-order valence-electron chi connectivity index (χ4n) is 1.88. The zero-order chi connectivity index (χ0) is 20.7. The maximum absolute atomic E-state index is 8.55. The van der Waals surface area contributed by atoms with Crippen LogP contribution in [0.4, 0.5) is 0 Å². The van der Waals surface area contributed by atoms with E-state index in [1.807, 2.05) is 25.1 Å². The van der Waals surface area contributed by atoms with Crippen molar-refractivity contribution in [1.29, 1.82) is 0 Å². The molecular formula is C20H29Br2ClN2O2. The SMILES string of the molecule is CCC[C@@H](C)O.CCC[C@@H](C)Oc1ccc(Br)cn1.Clc1ccc(Br)cn1. The molecule has 0 saturated heterocycles. The lowest BCUT2D eigenvalue weighted by molar-refractivity contribution is 0.183. The topological polar surface area (TPSA) is 55.2 Å². The molecule has 152 valence electrons. The molecule has 4 nitrogen and oxygen atoms in total. The molecule has 2 heterocycles. The van der Waals surface area contributed by atoms with Crippen molar-refractivity contribution in [2.75, 3.05) is 0 Å². The van der Waals surface area contributed by atoms with Gasteiger partial charge < -0.3 is 9.84 Å². The van der Waals surface area contributed by atoms with Crippen LogP contribution in [0.25, 0.3) is 0 Å². The van der Waals surface area contributed by atoms with Crippen LogP contribution >= 0.6 is 43.5 Å². The highest BCUT2D eigenvalue weighted by Crippen LogP contribution is 2.14. The lowest BCUT2D eigenvalue weighted by atomic mass is 10.2. The Morgan fingerprint density at radius 3 is 1.85 bits per heavy atom. The van der Waals surface area contributed by atoms with Crippen LogP contribution in [0.5, 0.6) is 5.88 Å². The van der Waals surface area contributed by atoms with Gasteiger partial charge in [-0.05, 0) is 76.7 Å². The van der Waals surface area contributed by atoms with Crippen LogP contribution in [-0.2, 0) is 0 Å². The third-order valence-corrected chi connectivity index (χ3v) is 4.28. The van der Waals surface area contributed by atoms with Crippen molar-refractivity contribution in [3.63, 3.8) is 0 Å². The molecule has 0 unspecified atom stereocenters. The molecule has 1 N–H and O–H groups in total. The molecule has 0 aliphatic rings. The second-order valence-corrected chi connectivity index (χ2v) is 8.19. The maximum Gasteiger partial charge on any atom is 0.213 e. The summed E-state index contributed by atoms with van der Waals surface area (Å²) in [7, 11) is 0. The van der Waals surface area contributed by atoms with Gasteiger partial charge in [0.1, 0.15) is 5.15 Å². The van der Waals surface area contributed by atoms with Gasteiger partial charge in [0.05, 0.1) is 12.2 Å². The van der Waals surface area contributed by atoms with Gasteiger partial charge in [0.2, 0.25) is 5.88 Å². The normalized spacial score (nSPS) is 12.0. The minimum atomic E-state index is -0.102. The van der Waals surface area contributed by atoms with Crippen molar-refractivity contribution in [1.82, 2.24) is 9.97 Å². The molecule has 0 fully saturated rings. The predicted molar refractivity (Wildman–Crippen MR) is 120 cm³/mol. The quantitative estimate of drug-likeness (QED) is 0.411. The van der Waals surface area contributed by atoms with Gasteiger partial charge in [-0.15, -0.1) is 0 Å².